The van der Waals surface area contributed by atoms with Crippen molar-refractivity contribution in [3.63, 3.8) is 0 Å². The summed E-state index contributed by atoms with van der Waals surface area (Å²) >= 11 is 0. The molecule has 10 heteroatoms. The first-order valence-corrected chi connectivity index (χ1v) is 10.8. The van der Waals surface area contributed by atoms with Crippen molar-refractivity contribution >= 4 is 22.6 Å². The van der Waals surface area contributed by atoms with E-state index in [0.717, 1.165) is 10.3 Å². The smallest absolute Gasteiger partial charge is 0.329 e. The van der Waals surface area contributed by atoms with Gasteiger partial charge in [0.05, 0.1) is 5.52 Å². The molecule has 1 saturated heterocycles. The van der Waals surface area contributed by atoms with Crippen LogP contribution in [0.4, 0.5) is 14.5 Å². The summed E-state index contributed by atoms with van der Waals surface area (Å²) in [7, 11) is 0. The fourth-order valence-electron chi connectivity index (χ4n) is 4.26. The highest BCUT2D eigenvalue weighted by molar-refractivity contribution is 5.92. The van der Waals surface area contributed by atoms with E-state index >= 15 is 0 Å². The van der Waals surface area contributed by atoms with Gasteiger partial charge in [0.1, 0.15) is 23.7 Å². The highest BCUT2D eigenvalue weighted by atomic mass is 19.1. The molecule has 0 aliphatic carbocycles. The molecule has 34 heavy (non-hydrogen) atoms. The van der Waals surface area contributed by atoms with Crippen molar-refractivity contribution in [1.82, 2.24) is 19.4 Å². The lowest BCUT2D eigenvalue weighted by Gasteiger charge is -2.36. The molecular weight excluding hydrogens is 444 g/mol. The molecule has 0 saturated carbocycles. The number of piperazine rings is 1. The number of fused-ring (bicyclic) bond motifs is 1. The molecule has 0 bridgehead atoms. The Kier molecular flexibility index (Phi) is 5.48. The minimum Gasteiger partial charge on any atom is -0.368 e. The molecule has 0 atom stereocenters. The van der Waals surface area contributed by atoms with Gasteiger partial charge in [-0.15, -0.1) is 0 Å². The van der Waals surface area contributed by atoms with E-state index in [1.807, 2.05) is 4.90 Å². The van der Waals surface area contributed by atoms with Crippen LogP contribution in [0.2, 0.25) is 0 Å². The lowest BCUT2D eigenvalue weighted by molar-refractivity contribution is -0.132. The van der Waals surface area contributed by atoms with Gasteiger partial charge in [0.25, 0.3) is 5.56 Å². The number of nitrogens with zero attached hydrogens (tertiary/aromatic N) is 3. The van der Waals surface area contributed by atoms with Crippen LogP contribution in [-0.4, -0.2) is 51.5 Å². The first kappa shape index (κ1) is 21.6. The summed E-state index contributed by atoms with van der Waals surface area (Å²) in [6, 6.07) is 12.2. The number of rotatable bonds is 4. The van der Waals surface area contributed by atoms with Crippen LogP contribution in [0.3, 0.4) is 0 Å². The van der Waals surface area contributed by atoms with Crippen LogP contribution >= 0.6 is 0 Å². The van der Waals surface area contributed by atoms with E-state index < -0.39 is 23.6 Å². The maximum Gasteiger partial charge on any atom is 0.329 e. The van der Waals surface area contributed by atoms with Crippen LogP contribution in [0.5, 0.6) is 0 Å². The maximum atomic E-state index is 14.2. The minimum atomic E-state index is -0.743. The number of H-pyrrole nitrogens is 2. The lowest BCUT2D eigenvalue weighted by atomic mass is 10.1. The Morgan fingerprint density at radius 1 is 0.882 bits per heavy atom. The second-order valence-electron chi connectivity index (χ2n) is 8.10. The number of carbonyl (C=O) groups is 1. The number of carbonyl (C=O) groups excluding carboxylic acids is 1. The summed E-state index contributed by atoms with van der Waals surface area (Å²) in [5.41, 5.74) is 0.356. The van der Waals surface area contributed by atoms with E-state index in [4.69, 9.17) is 0 Å². The number of amides is 1. The van der Waals surface area contributed by atoms with Crippen molar-refractivity contribution < 1.29 is 13.6 Å². The minimum absolute atomic E-state index is 0.0896. The van der Waals surface area contributed by atoms with Gasteiger partial charge in [-0.3, -0.25) is 9.59 Å². The van der Waals surface area contributed by atoms with E-state index in [1.54, 1.807) is 35.2 Å². The number of benzene rings is 2. The van der Waals surface area contributed by atoms with Gasteiger partial charge in [-0.2, -0.15) is 0 Å². The molecule has 1 aliphatic heterocycles. The van der Waals surface area contributed by atoms with Gasteiger partial charge in [0, 0.05) is 49.2 Å². The zero-order valence-electron chi connectivity index (χ0n) is 18.1. The van der Waals surface area contributed by atoms with Gasteiger partial charge < -0.3 is 19.8 Å². The Bertz CT molecular complexity index is 1480. The number of aromatic amines is 2. The van der Waals surface area contributed by atoms with Crippen molar-refractivity contribution in [2.75, 3.05) is 31.1 Å². The zero-order chi connectivity index (χ0) is 23.8. The third-order valence-corrected chi connectivity index (χ3v) is 6.10. The standard InChI is InChI=1S/C24H21F2N5O3/c25-15-5-7-16(8-6-15)29-9-11-30(12-10-29)20(32)14-31-23(33)22-21(28-24(31)34)18(13-27-22)17-3-1-2-4-19(17)26/h1-8,13,27H,9-12,14H2,(H,28,34). The molecule has 174 valence electrons. The van der Waals surface area contributed by atoms with E-state index in [2.05, 4.69) is 9.97 Å². The largest absolute Gasteiger partial charge is 0.368 e. The number of aromatic nitrogens is 3. The number of halogens is 2. The first-order chi connectivity index (χ1) is 16.4. The topological polar surface area (TPSA) is 94.2 Å². The first-order valence-electron chi connectivity index (χ1n) is 10.8. The molecule has 0 spiro atoms. The molecule has 8 nitrogen and oxygen atoms in total. The maximum absolute atomic E-state index is 14.2. The summed E-state index contributed by atoms with van der Waals surface area (Å²) in [5, 5.41) is 0. The predicted molar refractivity (Wildman–Crippen MR) is 124 cm³/mol. The van der Waals surface area contributed by atoms with Crippen LogP contribution in [0.1, 0.15) is 0 Å². The molecule has 3 heterocycles. The molecule has 4 aromatic rings. The fraction of sp³-hybridized carbons (Fsp3) is 0.208. The van der Waals surface area contributed by atoms with Gasteiger partial charge in [-0.05, 0) is 30.3 Å². The number of hydrogen-bond donors (Lipinski definition) is 2. The molecule has 0 unspecified atom stereocenters. The van der Waals surface area contributed by atoms with Crippen molar-refractivity contribution in [2.45, 2.75) is 6.54 Å². The van der Waals surface area contributed by atoms with Gasteiger partial charge >= 0.3 is 5.69 Å². The summed E-state index contributed by atoms with van der Waals surface area (Å²) < 4.78 is 28.2. The Labute approximate surface area is 192 Å². The molecule has 1 aliphatic rings. The molecule has 2 N–H and O–H groups in total. The summed E-state index contributed by atoms with van der Waals surface area (Å²) in [4.78, 5) is 47.6. The van der Waals surface area contributed by atoms with Crippen molar-refractivity contribution in [3.05, 3.63) is 87.2 Å². The summed E-state index contributed by atoms with van der Waals surface area (Å²) in [6.45, 7) is 1.50. The molecule has 1 fully saturated rings. The summed E-state index contributed by atoms with van der Waals surface area (Å²) in [6.07, 6.45) is 1.46. The Morgan fingerprint density at radius 2 is 1.59 bits per heavy atom. The van der Waals surface area contributed by atoms with Crippen LogP contribution in [0, 0.1) is 11.6 Å². The number of anilines is 1. The fourth-order valence-corrected chi connectivity index (χ4v) is 4.26. The molecule has 1 amide bonds. The van der Waals surface area contributed by atoms with Gasteiger partial charge in [0.15, 0.2) is 0 Å². The third-order valence-electron chi connectivity index (χ3n) is 6.10. The summed E-state index contributed by atoms with van der Waals surface area (Å²) in [5.74, 6) is -1.15. The quantitative estimate of drug-likeness (QED) is 0.484. The highest BCUT2D eigenvalue weighted by Crippen LogP contribution is 2.27. The zero-order valence-corrected chi connectivity index (χ0v) is 18.1. The van der Waals surface area contributed by atoms with Crippen molar-refractivity contribution in [2.24, 2.45) is 0 Å². The average Bonchev–Trinajstić information content (AvgIpc) is 3.26. The van der Waals surface area contributed by atoms with E-state index in [1.165, 1.54) is 24.4 Å². The van der Waals surface area contributed by atoms with Crippen molar-refractivity contribution in [1.29, 1.82) is 0 Å². The van der Waals surface area contributed by atoms with Gasteiger partial charge in [-0.1, -0.05) is 18.2 Å². The van der Waals surface area contributed by atoms with E-state index in [0.29, 0.717) is 31.7 Å². The predicted octanol–water partition coefficient (Wildman–Crippen LogP) is 2.31. The van der Waals surface area contributed by atoms with Gasteiger partial charge in [-0.25, -0.2) is 18.1 Å². The van der Waals surface area contributed by atoms with Crippen LogP contribution in [0.25, 0.3) is 22.2 Å². The Morgan fingerprint density at radius 3 is 2.29 bits per heavy atom. The number of nitrogens with one attached hydrogen (secondary N) is 2. The van der Waals surface area contributed by atoms with Crippen molar-refractivity contribution in [3.8, 4) is 11.1 Å². The highest BCUT2D eigenvalue weighted by Gasteiger charge is 2.23. The molecular formula is C24H21F2N5O3. The molecule has 2 aromatic carbocycles. The molecule has 0 radical (unpaired) electrons. The van der Waals surface area contributed by atoms with E-state index in [9.17, 15) is 23.2 Å². The second-order valence-corrected chi connectivity index (χ2v) is 8.10. The number of hydrogen-bond acceptors (Lipinski definition) is 4. The SMILES string of the molecule is O=C(Cn1c(=O)[nH]c2c(-c3ccccc3F)c[nH]c2c1=O)N1CCN(c2ccc(F)cc2)CC1. The Balaban J connectivity index is 1.35. The van der Waals surface area contributed by atoms with Crippen LogP contribution < -0.4 is 16.1 Å². The normalized spacial score (nSPS) is 14.1. The molecule has 5 rings (SSSR count). The monoisotopic (exact) mass is 465 g/mol. The molecule has 2 aromatic heterocycles. The van der Waals surface area contributed by atoms with E-state index in [-0.39, 0.29) is 28.3 Å². The Hall–Kier alpha value is -4.21. The van der Waals surface area contributed by atoms with Gasteiger partial charge in [0.2, 0.25) is 5.91 Å². The lowest BCUT2D eigenvalue weighted by Crippen LogP contribution is -2.51. The average molecular weight is 465 g/mol. The third kappa shape index (κ3) is 3.87. The second kappa shape index (κ2) is 8.62. The van der Waals surface area contributed by atoms with Crippen LogP contribution in [-0.2, 0) is 11.3 Å². The van der Waals surface area contributed by atoms with Crippen LogP contribution in [0.15, 0.2) is 64.3 Å².